The lowest BCUT2D eigenvalue weighted by atomic mass is 10.0. The topological polar surface area (TPSA) is 252 Å². The molecule has 0 aliphatic carbocycles. The number of amides is 2. The summed E-state index contributed by atoms with van der Waals surface area (Å²) in [4.78, 5) is 68.0. The summed E-state index contributed by atoms with van der Waals surface area (Å²) in [5, 5.41) is 33.8. The molecule has 2 aliphatic rings. The number of nitrogen functional groups attached to an aromatic ring is 1. The van der Waals surface area contributed by atoms with Gasteiger partial charge in [-0.1, -0.05) is 16.9 Å². The van der Waals surface area contributed by atoms with Crippen LogP contribution in [0, 0.1) is 0 Å². The molecule has 1 saturated heterocycles. The summed E-state index contributed by atoms with van der Waals surface area (Å²) in [5.41, 5.74) is 6.99. The lowest BCUT2D eigenvalue weighted by Crippen LogP contribution is -2.71. The molecule has 2 aliphatic heterocycles. The van der Waals surface area contributed by atoms with E-state index < -0.39 is 40.9 Å². The van der Waals surface area contributed by atoms with Gasteiger partial charge in [0.25, 0.3) is 11.8 Å². The highest BCUT2D eigenvalue weighted by Crippen LogP contribution is 2.42. The number of oxime groups is 1. The number of nitrogens with two attached hydrogens (primary N) is 1. The summed E-state index contributed by atoms with van der Waals surface area (Å²) < 4.78 is 5.95. The first kappa shape index (κ1) is 31.1. The van der Waals surface area contributed by atoms with Crippen LogP contribution in [0.3, 0.4) is 0 Å². The van der Waals surface area contributed by atoms with Gasteiger partial charge in [-0.05, 0) is 17.7 Å². The van der Waals surface area contributed by atoms with Gasteiger partial charge in [0.2, 0.25) is 11.5 Å². The molecule has 0 saturated carbocycles. The predicted molar refractivity (Wildman–Crippen MR) is 167 cm³/mol. The monoisotopic (exact) mass is 700 g/mol. The van der Waals surface area contributed by atoms with Crippen molar-refractivity contribution in [3.63, 3.8) is 0 Å². The van der Waals surface area contributed by atoms with Crippen molar-refractivity contribution in [3.05, 3.63) is 64.7 Å². The van der Waals surface area contributed by atoms with Gasteiger partial charge in [-0.25, -0.2) is 19.6 Å². The molecule has 6 heterocycles. The van der Waals surface area contributed by atoms with Crippen LogP contribution in [0.2, 0.25) is 0 Å². The van der Waals surface area contributed by atoms with E-state index in [1.54, 1.807) is 35.6 Å². The summed E-state index contributed by atoms with van der Waals surface area (Å²) >= 11 is 4.16. The molecule has 6 N–H and O–H groups in total. The van der Waals surface area contributed by atoms with Crippen molar-refractivity contribution in [1.29, 1.82) is 0 Å². The first-order valence-electron chi connectivity index (χ1n) is 12.9. The highest BCUT2D eigenvalue weighted by atomic mass is 32.2. The molecule has 6 rings (SSSR count). The van der Waals surface area contributed by atoms with E-state index in [-0.39, 0.29) is 39.6 Å². The first-order valence-corrected chi connectivity index (χ1v) is 16.6. The number of imidazole rings is 1. The zero-order valence-corrected chi connectivity index (χ0v) is 26.3. The molecule has 17 nitrogen and oxygen atoms in total. The predicted octanol–water partition coefficient (Wildman–Crippen LogP) is 1.29. The number of carboxylic acid groups (broad SMARTS) is 2. The number of anilines is 1. The number of carbonyl (C=O) groups excluding carboxylic acids is 2. The Balaban J connectivity index is 1.14. The zero-order valence-electron chi connectivity index (χ0n) is 23.0. The fourth-order valence-electron chi connectivity index (χ4n) is 4.62. The number of nitrogens with zero attached hydrogens (tertiary/aromatic N) is 8. The van der Waals surface area contributed by atoms with E-state index in [0.717, 1.165) is 45.1 Å². The molecule has 0 unspecified atom stereocenters. The van der Waals surface area contributed by atoms with Crippen LogP contribution in [0.4, 0.5) is 5.13 Å². The maximum Gasteiger partial charge on any atom is 0.352 e. The molecule has 21 heteroatoms. The lowest BCUT2D eigenvalue weighted by Gasteiger charge is -2.49. The Hall–Kier alpha value is -4.86. The molecule has 46 heavy (non-hydrogen) atoms. The summed E-state index contributed by atoms with van der Waals surface area (Å²) in [6.07, 6.45) is 6.65. The highest BCUT2D eigenvalue weighted by molar-refractivity contribution is 8.01. The summed E-state index contributed by atoms with van der Waals surface area (Å²) in [6, 6.07) is 2.56. The number of nitrogens with one attached hydrogen (secondary N) is 1. The Morgan fingerprint density at radius 1 is 1.22 bits per heavy atom. The minimum Gasteiger partial charge on any atom is -0.477 e. The van der Waals surface area contributed by atoms with Crippen LogP contribution in [-0.2, 0) is 20.9 Å². The number of hydrogen-bond donors (Lipinski definition) is 5. The van der Waals surface area contributed by atoms with Crippen molar-refractivity contribution in [2.45, 2.75) is 22.3 Å². The fourth-order valence-corrected chi connectivity index (χ4v) is 8.55. The molecular formula is C25H20N10O7S4. The Morgan fingerprint density at radius 3 is 2.72 bits per heavy atom. The third kappa shape index (κ3) is 6.03. The largest absolute Gasteiger partial charge is 0.477 e. The molecule has 0 aromatic carbocycles. The Morgan fingerprint density at radius 2 is 2.04 bits per heavy atom. The molecule has 4 aromatic heterocycles. The summed E-state index contributed by atoms with van der Waals surface area (Å²) in [7, 11) is 0. The van der Waals surface area contributed by atoms with Gasteiger partial charge >= 0.3 is 11.9 Å². The van der Waals surface area contributed by atoms with Crippen LogP contribution in [-0.4, -0.2) is 102 Å². The van der Waals surface area contributed by atoms with E-state index in [0.29, 0.717) is 21.3 Å². The van der Waals surface area contributed by atoms with E-state index in [4.69, 9.17) is 5.73 Å². The van der Waals surface area contributed by atoms with Gasteiger partial charge in [-0.2, -0.15) is 9.36 Å². The van der Waals surface area contributed by atoms with Gasteiger partial charge in [0.15, 0.2) is 9.47 Å². The third-order valence-electron chi connectivity index (χ3n) is 6.67. The van der Waals surface area contributed by atoms with Gasteiger partial charge in [-0.3, -0.25) is 19.5 Å². The number of carbonyl (C=O) groups is 4. The number of thioether (sulfide) groups is 2. The smallest absolute Gasteiger partial charge is 0.352 e. The van der Waals surface area contributed by atoms with Crippen LogP contribution in [0.5, 0.6) is 0 Å². The average molecular weight is 701 g/mol. The van der Waals surface area contributed by atoms with Crippen molar-refractivity contribution >= 4 is 81.0 Å². The van der Waals surface area contributed by atoms with E-state index in [9.17, 15) is 34.6 Å². The summed E-state index contributed by atoms with van der Waals surface area (Å²) in [6.45, 7) is 0.149. The Labute approximate surface area is 274 Å². The van der Waals surface area contributed by atoms with Crippen molar-refractivity contribution in [2.75, 3.05) is 17.2 Å². The van der Waals surface area contributed by atoms with Gasteiger partial charge in [0.05, 0.1) is 24.3 Å². The number of β-lactam (4-membered cyclic amide) rings is 1. The first-order chi connectivity index (χ1) is 22.1. The number of hydrogen-bond acceptors (Lipinski definition) is 16. The second kappa shape index (κ2) is 12.9. The van der Waals surface area contributed by atoms with Gasteiger partial charge in [0.1, 0.15) is 22.0 Å². The average Bonchev–Trinajstić information content (AvgIpc) is 3.79. The number of aromatic nitrogens is 6. The van der Waals surface area contributed by atoms with Crippen molar-refractivity contribution < 1.29 is 34.6 Å². The number of aromatic carboxylic acids is 1. The number of carboxylic acids is 2. The molecular weight excluding hydrogens is 681 g/mol. The number of pyridine rings is 1. The second-order valence-electron chi connectivity index (χ2n) is 9.55. The maximum atomic E-state index is 13.1. The van der Waals surface area contributed by atoms with Crippen LogP contribution >= 0.6 is 46.4 Å². The molecule has 0 spiro atoms. The zero-order chi connectivity index (χ0) is 32.5. The highest BCUT2D eigenvalue weighted by Gasteiger charge is 2.54. The van der Waals surface area contributed by atoms with Crippen molar-refractivity contribution in [1.82, 2.24) is 39.1 Å². The van der Waals surface area contributed by atoms with Crippen molar-refractivity contribution in [3.8, 4) is 11.3 Å². The van der Waals surface area contributed by atoms with Crippen molar-refractivity contribution in [2.24, 2.45) is 5.16 Å². The van der Waals surface area contributed by atoms with Crippen LogP contribution in [0.15, 0.2) is 57.8 Å². The van der Waals surface area contributed by atoms with Crippen LogP contribution in [0.1, 0.15) is 21.2 Å². The lowest BCUT2D eigenvalue weighted by molar-refractivity contribution is -0.150. The molecule has 1 fully saturated rings. The molecule has 236 valence electrons. The van der Waals surface area contributed by atoms with E-state index in [2.05, 4.69) is 34.8 Å². The van der Waals surface area contributed by atoms with E-state index in [1.165, 1.54) is 11.8 Å². The molecule has 0 bridgehead atoms. The van der Waals surface area contributed by atoms with E-state index >= 15 is 0 Å². The SMILES string of the molecule is Nc1nc(/C(=N\O)C(=O)N[C@@H]2C(=O)N3C(C(=O)O)=C(CSc4nc(Cn5cnc(-c6cccnc6)c5)c(C(=O)O)s4)CS[C@H]23)ns1. The summed E-state index contributed by atoms with van der Waals surface area (Å²) in [5.74, 6) is -3.93. The minimum atomic E-state index is -1.32. The number of thiazole rings is 1. The van der Waals surface area contributed by atoms with Gasteiger partial charge < -0.3 is 31.0 Å². The van der Waals surface area contributed by atoms with Gasteiger partial charge in [0, 0.05) is 47.2 Å². The van der Waals surface area contributed by atoms with Crippen LogP contribution < -0.4 is 11.1 Å². The minimum absolute atomic E-state index is 0.0426. The maximum absolute atomic E-state index is 13.1. The molecule has 2 amide bonds. The third-order valence-corrected chi connectivity index (χ3v) is 10.9. The standard InChI is InChI=1S/C25H20N10O7S4/c26-24-31-18(33-46-24)14(32-42)19(36)30-15-20(37)35-16(22(38)39)11(7-43-21(15)35)8-44-25-29-13(17(45-25)23(40)41)6-34-5-12(28-9-34)10-2-1-3-27-4-10/h1-5,9,15,21,42H,6-8H2,(H,30,36)(H,38,39)(H,40,41)(H2,26,31,33)/b32-14+/t15-,21-/m1/s1. The van der Waals surface area contributed by atoms with Gasteiger partial charge in [-0.15, -0.1) is 23.1 Å². The van der Waals surface area contributed by atoms with Crippen LogP contribution in [0.25, 0.3) is 11.3 Å². The quantitative estimate of drug-likeness (QED) is 0.0486. The van der Waals surface area contributed by atoms with E-state index in [1.807, 2.05) is 6.07 Å². The molecule has 2 atom stereocenters. The second-order valence-corrected chi connectivity index (χ2v) is 13.7. The molecule has 4 aromatic rings. The normalized spacial score (nSPS) is 17.9. The number of fused-ring (bicyclic) bond motifs is 1. The Bertz CT molecular complexity index is 1920. The number of rotatable bonds is 11. The molecule has 0 radical (unpaired) electrons. The number of aliphatic carboxylic acids is 1. The fraction of sp³-hybridized carbons (Fsp3) is 0.200. The Kier molecular flexibility index (Phi) is 8.71.